The highest BCUT2D eigenvalue weighted by Gasteiger charge is 2.19. The van der Waals surface area contributed by atoms with Gasteiger partial charge in [-0.05, 0) is 12.8 Å². The molecule has 1 atom stereocenters. The van der Waals surface area contributed by atoms with Crippen molar-refractivity contribution in [1.29, 1.82) is 0 Å². The molecule has 0 spiro atoms. The van der Waals surface area contributed by atoms with E-state index in [4.69, 9.17) is 28.3 Å². The van der Waals surface area contributed by atoms with Gasteiger partial charge in [-0.1, -0.05) is 0 Å². The van der Waals surface area contributed by atoms with Gasteiger partial charge in [-0.25, -0.2) is 0 Å². The number of hydrogen-bond donors (Lipinski definition) is 5. The Morgan fingerprint density at radius 3 is 2.36 bits per heavy atom. The Hall–Kier alpha value is -1.38. The smallest absolute Gasteiger partial charge is 0.323 e. The molecule has 8 heteroatoms. The first kappa shape index (κ1) is 12.6. The number of nitrogens with two attached hydrogens (primary N) is 4. The summed E-state index contributed by atoms with van der Waals surface area (Å²) in [7, 11) is 0. The van der Waals surface area contributed by atoms with Gasteiger partial charge < -0.3 is 16.6 Å². The van der Waals surface area contributed by atoms with Gasteiger partial charge >= 0.3 is 5.97 Å². The van der Waals surface area contributed by atoms with E-state index in [0.717, 1.165) is 0 Å². The van der Waals surface area contributed by atoms with Gasteiger partial charge in [0.2, 0.25) is 0 Å². The molecule has 0 aromatic carbocycles. The molecule has 0 aromatic heterocycles. The number of carboxylic acids is 1. The van der Waals surface area contributed by atoms with E-state index >= 15 is 0 Å². The van der Waals surface area contributed by atoms with Crippen LogP contribution in [0.5, 0.6) is 0 Å². The molecule has 0 aliphatic heterocycles. The molecule has 8 nitrogen and oxygen atoms in total. The molecule has 0 radical (unpaired) electrons. The van der Waals surface area contributed by atoms with E-state index in [9.17, 15) is 4.79 Å². The number of rotatable bonds is 6. The number of hydrazine groups is 2. The maximum Gasteiger partial charge on any atom is 0.323 e. The van der Waals surface area contributed by atoms with E-state index in [2.05, 4.69) is 4.99 Å². The molecule has 0 bridgehead atoms. The van der Waals surface area contributed by atoms with Crippen molar-refractivity contribution in [2.45, 2.75) is 18.9 Å². The van der Waals surface area contributed by atoms with Crippen molar-refractivity contribution in [2.75, 3.05) is 6.54 Å². The fourth-order valence-electron chi connectivity index (χ4n) is 0.893. The lowest BCUT2D eigenvalue weighted by atomic mass is 10.1. The molecule has 0 rings (SSSR count). The molecule has 14 heavy (non-hydrogen) atoms. The fourth-order valence-corrected chi connectivity index (χ4v) is 0.893. The minimum atomic E-state index is -1.07. The quantitative estimate of drug-likeness (QED) is 0.105. The maximum atomic E-state index is 10.6. The zero-order valence-corrected chi connectivity index (χ0v) is 7.76. The van der Waals surface area contributed by atoms with Crippen LogP contribution in [0.25, 0.3) is 0 Å². The van der Waals surface area contributed by atoms with E-state index in [0.29, 0.717) is 24.5 Å². The minimum Gasteiger partial charge on any atom is -0.480 e. The third-order valence-corrected chi connectivity index (χ3v) is 1.58. The Morgan fingerprint density at radius 2 is 2.00 bits per heavy atom. The number of carboxylic acid groups (broad SMARTS) is 1. The number of carbonyl (C=O) groups is 1. The summed E-state index contributed by atoms with van der Waals surface area (Å²) in [5, 5.41) is 9.33. The van der Waals surface area contributed by atoms with Crippen LogP contribution in [0, 0.1) is 0 Å². The van der Waals surface area contributed by atoms with Crippen molar-refractivity contribution in [3.05, 3.63) is 0 Å². The van der Waals surface area contributed by atoms with Crippen LogP contribution in [0.3, 0.4) is 0 Å². The topological polar surface area (TPSA) is 157 Å². The first-order valence-corrected chi connectivity index (χ1v) is 4.02. The van der Waals surface area contributed by atoms with Crippen LogP contribution in [-0.4, -0.2) is 34.7 Å². The lowest BCUT2D eigenvalue weighted by molar-refractivity contribution is -0.143. The number of hydrogen-bond acceptors (Lipinski definition) is 5. The van der Waals surface area contributed by atoms with Crippen LogP contribution in [0.4, 0.5) is 0 Å². The standard InChI is InChI=1S/C6H16N6O2/c7-6(8)11-3-1-2-4(5(13)14)12(9)10/h4H,1-3,9-10H2,(H,13,14)(H4,7,8,11)/t4-/m1/s1. The van der Waals surface area contributed by atoms with Gasteiger partial charge in [0, 0.05) is 6.54 Å². The zero-order valence-electron chi connectivity index (χ0n) is 7.76. The lowest BCUT2D eigenvalue weighted by Gasteiger charge is -2.18. The summed E-state index contributed by atoms with van der Waals surface area (Å²) in [5.74, 6) is 9.16. The fraction of sp³-hybridized carbons (Fsp3) is 0.667. The first-order chi connectivity index (χ1) is 6.45. The highest BCUT2D eigenvalue weighted by molar-refractivity contribution is 5.75. The van der Waals surface area contributed by atoms with Crippen LogP contribution in [0.2, 0.25) is 0 Å². The third kappa shape index (κ3) is 5.30. The average Bonchev–Trinajstić information content (AvgIpc) is 2.01. The molecule has 82 valence electrons. The molecular weight excluding hydrogens is 188 g/mol. The number of aliphatic imine (C=N–C) groups is 1. The van der Waals surface area contributed by atoms with E-state index in [1.807, 2.05) is 0 Å². The van der Waals surface area contributed by atoms with Crippen LogP contribution < -0.4 is 23.2 Å². The monoisotopic (exact) mass is 204 g/mol. The van der Waals surface area contributed by atoms with Crippen molar-refractivity contribution in [1.82, 2.24) is 5.12 Å². The molecule has 0 fully saturated rings. The molecule has 0 amide bonds. The highest BCUT2D eigenvalue weighted by Crippen LogP contribution is 2.00. The average molecular weight is 204 g/mol. The van der Waals surface area contributed by atoms with Crippen molar-refractivity contribution in [3.8, 4) is 0 Å². The normalized spacial score (nSPS) is 12.5. The summed E-state index contributed by atoms with van der Waals surface area (Å²) in [4.78, 5) is 14.3. The molecule has 0 aliphatic carbocycles. The van der Waals surface area contributed by atoms with Crippen molar-refractivity contribution >= 4 is 11.9 Å². The minimum absolute atomic E-state index is 0.0192. The van der Waals surface area contributed by atoms with E-state index in [1.54, 1.807) is 0 Å². The van der Waals surface area contributed by atoms with E-state index < -0.39 is 12.0 Å². The molecule has 0 aromatic rings. The van der Waals surface area contributed by atoms with Crippen LogP contribution in [0.15, 0.2) is 4.99 Å². The Morgan fingerprint density at radius 1 is 1.43 bits per heavy atom. The second-order valence-corrected chi connectivity index (χ2v) is 2.75. The summed E-state index contributed by atoms with van der Waals surface area (Å²) in [6.45, 7) is 0.361. The van der Waals surface area contributed by atoms with Crippen molar-refractivity contribution < 1.29 is 9.90 Å². The van der Waals surface area contributed by atoms with Crippen molar-refractivity contribution in [3.63, 3.8) is 0 Å². The molecule has 9 N–H and O–H groups in total. The molecule has 0 saturated carbocycles. The summed E-state index contributed by atoms with van der Waals surface area (Å²) in [5.41, 5.74) is 10.2. The predicted molar refractivity (Wildman–Crippen MR) is 51.5 cm³/mol. The van der Waals surface area contributed by atoms with Crippen LogP contribution >= 0.6 is 0 Å². The van der Waals surface area contributed by atoms with E-state index in [1.165, 1.54) is 0 Å². The highest BCUT2D eigenvalue weighted by atomic mass is 16.4. The first-order valence-electron chi connectivity index (χ1n) is 4.02. The number of aliphatic carboxylic acids is 1. The Balaban J connectivity index is 3.84. The molecular formula is C6H16N6O2. The largest absolute Gasteiger partial charge is 0.480 e. The Labute approximate surface area is 81.5 Å². The number of guanidine groups is 1. The summed E-state index contributed by atoms with van der Waals surface area (Å²) >= 11 is 0. The molecule has 0 unspecified atom stereocenters. The predicted octanol–water partition coefficient (Wildman–Crippen LogP) is -2.46. The molecule has 0 saturated heterocycles. The van der Waals surface area contributed by atoms with Crippen LogP contribution in [-0.2, 0) is 4.79 Å². The van der Waals surface area contributed by atoms with Gasteiger partial charge in [0.25, 0.3) is 0 Å². The van der Waals surface area contributed by atoms with Gasteiger partial charge in [0.1, 0.15) is 6.04 Å². The van der Waals surface area contributed by atoms with Crippen molar-refractivity contribution in [2.24, 2.45) is 28.1 Å². The zero-order chi connectivity index (χ0) is 11.1. The van der Waals surface area contributed by atoms with Gasteiger partial charge in [0.05, 0.1) is 0 Å². The van der Waals surface area contributed by atoms with E-state index in [-0.39, 0.29) is 5.96 Å². The molecule has 0 heterocycles. The van der Waals surface area contributed by atoms with Gasteiger partial charge in [-0.3, -0.25) is 21.5 Å². The maximum absolute atomic E-state index is 10.6. The summed E-state index contributed by atoms with van der Waals surface area (Å²) in [6.07, 6.45) is 0.791. The second-order valence-electron chi connectivity index (χ2n) is 2.75. The van der Waals surface area contributed by atoms with Gasteiger partial charge in [0.15, 0.2) is 5.96 Å². The second kappa shape index (κ2) is 6.13. The van der Waals surface area contributed by atoms with Gasteiger partial charge in [-0.15, -0.1) is 0 Å². The summed E-state index contributed by atoms with van der Waals surface area (Å²) < 4.78 is 0. The van der Waals surface area contributed by atoms with Crippen LogP contribution in [0.1, 0.15) is 12.8 Å². The lowest BCUT2D eigenvalue weighted by Crippen LogP contribution is -2.50. The molecule has 0 aliphatic rings. The Bertz CT molecular complexity index is 212. The third-order valence-electron chi connectivity index (χ3n) is 1.58. The SMILES string of the molecule is NC(N)=NCCC[C@H](C(=O)O)N(N)N. The summed E-state index contributed by atoms with van der Waals surface area (Å²) in [6, 6.07) is -0.913. The number of nitrogens with zero attached hydrogens (tertiary/aromatic N) is 2. The van der Waals surface area contributed by atoms with Gasteiger partial charge in [-0.2, -0.15) is 5.12 Å². The Kier molecular flexibility index (Phi) is 5.53.